The van der Waals surface area contributed by atoms with E-state index in [1.165, 1.54) is 24.6 Å². The average molecular weight is 459 g/mol. The van der Waals surface area contributed by atoms with Gasteiger partial charge in [-0.15, -0.1) is 13.2 Å². The van der Waals surface area contributed by atoms with Crippen LogP contribution < -0.4 is 10.1 Å². The van der Waals surface area contributed by atoms with Crippen molar-refractivity contribution in [3.05, 3.63) is 89.8 Å². The number of ether oxygens (including phenoxy) is 1. The molecule has 2 aromatic heterocycles. The lowest BCUT2D eigenvalue weighted by molar-refractivity contribution is -0.274. The van der Waals surface area contributed by atoms with E-state index in [1.54, 1.807) is 42.5 Å². The molecule has 0 radical (unpaired) electrons. The Hall–Kier alpha value is -3.78. The van der Waals surface area contributed by atoms with Gasteiger partial charge < -0.3 is 14.5 Å². The predicted octanol–water partition coefficient (Wildman–Crippen LogP) is 6.81. The zero-order valence-electron chi connectivity index (χ0n) is 16.2. The number of nitrogens with zero attached hydrogens (tertiary/aromatic N) is 1. The molecule has 0 aliphatic heterocycles. The van der Waals surface area contributed by atoms with Crippen molar-refractivity contribution in [2.75, 3.05) is 5.32 Å². The number of anilines is 1. The van der Waals surface area contributed by atoms with Crippen LogP contribution in [0.25, 0.3) is 22.6 Å². The highest BCUT2D eigenvalue weighted by Crippen LogP contribution is 2.32. The second-order valence-corrected chi connectivity index (χ2v) is 7.07. The first kappa shape index (κ1) is 21.5. The van der Waals surface area contributed by atoms with Crippen LogP contribution in [0.1, 0.15) is 10.4 Å². The predicted molar refractivity (Wildman–Crippen MR) is 113 cm³/mol. The van der Waals surface area contributed by atoms with Crippen molar-refractivity contribution in [3.63, 3.8) is 0 Å². The molecule has 4 rings (SSSR count). The van der Waals surface area contributed by atoms with E-state index in [2.05, 4.69) is 15.0 Å². The molecule has 0 saturated heterocycles. The molecule has 0 unspecified atom stereocenters. The smallest absolute Gasteiger partial charge is 0.464 e. The van der Waals surface area contributed by atoms with E-state index in [-0.39, 0.29) is 11.3 Å². The van der Waals surface area contributed by atoms with Gasteiger partial charge in [0.25, 0.3) is 5.91 Å². The molecule has 0 saturated carbocycles. The van der Waals surface area contributed by atoms with E-state index in [0.717, 1.165) is 17.7 Å². The molecular formula is C23H14ClF3N2O3. The summed E-state index contributed by atoms with van der Waals surface area (Å²) in [5.41, 5.74) is 2.52. The molecule has 9 heteroatoms. The van der Waals surface area contributed by atoms with E-state index < -0.39 is 12.3 Å². The van der Waals surface area contributed by atoms with Crippen LogP contribution in [0.15, 0.2) is 83.6 Å². The van der Waals surface area contributed by atoms with Gasteiger partial charge in [-0.25, -0.2) is 0 Å². The molecular weight excluding hydrogens is 445 g/mol. The number of benzene rings is 2. The number of halogens is 4. The summed E-state index contributed by atoms with van der Waals surface area (Å²) in [5.74, 6) is -0.354. The molecule has 0 aliphatic carbocycles. The Morgan fingerprint density at radius 3 is 2.38 bits per heavy atom. The van der Waals surface area contributed by atoms with Crippen molar-refractivity contribution in [3.8, 4) is 28.3 Å². The zero-order valence-corrected chi connectivity index (χ0v) is 16.9. The molecule has 0 atom stereocenters. The summed E-state index contributed by atoms with van der Waals surface area (Å²) in [6, 6.07) is 17.0. The molecule has 32 heavy (non-hydrogen) atoms. The van der Waals surface area contributed by atoms with E-state index in [0.29, 0.717) is 27.7 Å². The monoisotopic (exact) mass is 458 g/mol. The minimum Gasteiger partial charge on any atom is -0.464 e. The fraction of sp³-hybridized carbons (Fsp3) is 0.0435. The molecule has 0 spiro atoms. The van der Waals surface area contributed by atoms with Gasteiger partial charge in [0, 0.05) is 28.0 Å². The van der Waals surface area contributed by atoms with Crippen molar-refractivity contribution in [2.45, 2.75) is 6.36 Å². The minimum absolute atomic E-state index is 0.240. The van der Waals surface area contributed by atoms with Crippen LogP contribution >= 0.6 is 11.6 Å². The van der Waals surface area contributed by atoms with Crippen molar-refractivity contribution in [1.82, 2.24) is 4.98 Å². The molecule has 4 aromatic rings. The zero-order chi connectivity index (χ0) is 22.7. The number of carbonyl (C=O) groups excluding carboxylic acids is 1. The van der Waals surface area contributed by atoms with Crippen LogP contribution in [0.2, 0.25) is 5.02 Å². The van der Waals surface area contributed by atoms with Crippen LogP contribution in [0.4, 0.5) is 18.9 Å². The van der Waals surface area contributed by atoms with Crippen molar-refractivity contribution in [2.24, 2.45) is 0 Å². The standard InChI is InChI=1S/C23H14ClF3N2O3/c24-16-5-3-14(4-6-16)21-19(20-2-1-11-31-20)12-15(13-28-21)22(30)29-17-7-9-18(10-8-17)32-23(25,26)27/h1-13H,(H,29,30). The molecule has 1 N–H and O–H groups in total. The van der Waals surface area contributed by atoms with Crippen LogP contribution in [0.5, 0.6) is 5.75 Å². The highest BCUT2D eigenvalue weighted by molar-refractivity contribution is 6.30. The average Bonchev–Trinajstić information content (AvgIpc) is 3.29. The first-order valence-corrected chi connectivity index (χ1v) is 9.63. The van der Waals surface area contributed by atoms with E-state index in [4.69, 9.17) is 16.0 Å². The highest BCUT2D eigenvalue weighted by atomic mass is 35.5. The van der Waals surface area contributed by atoms with Gasteiger partial charge in [0.2, 0.25) is 0 Å². The second kappa shape index (κ2) is 8.76. The van der Waals surface area contributed by atoms with E-state index >= 15 is 0 Å². The highest BCUT2D eigenvalue weighted by Gasteiger charge is 2.31. The summed E-state index contributed by atoms with van der Waals surface area (Å²) >= 11 is 5.97. The molecule has 5 nitrogen and oxygen atoms in total. The maximum atomic E-state index is 12.7. The first-order valence-electron chi connectivity index (χ1n) is 9.25. The van der Waals surface area contributed by atoms with Crippen LogP contribution in [0, 0.1) is 0 Å². The summed E-state index contributed by atoms with van der Waals surface area (Å²) in [7, 11) is 0. The normalized spacial score (nSPS) is 11.2. The Balaban J connectivity index is 1.60. The SMILES string of the molecule is O=C(Nc1ccc(OC(F)(F)F)cc1)c1cnc(-c2ccc(Cl)cc2)c(-c2ccco2)c1. The molecule has 162 valence electrons. The van der Waals surface area contributed by atoms with Gasteiger partial charge in [-0.05, 0) is 54.6 Å². The quantitative estimate of drug-likeness (QED) is 0.356. The molecule has 1 amide bonds. The molecule has 0 bridgehead atoms. The lowest BCUT2D eigenvalue weighted by Gasteiger charge is -2.11. The fourth-order valence-electron chi connectivity index (χ4n) is 2.99. The number of hydrogen-bond donors (Lipinski definition) is 1. The number of amides is 1. The van der Waals surface area contributed by atoms with Gasteiger partial charge in [-0.3, -0.25) is 9.78 Å². The van der Waals surface area contributed by atoms with Crippen LogP contribution in [0.3, 0.4) is 0 Å². The van der Waals surface area contributed by atoms with Crippen molar-refractivity contribution in [1.29, 1.82) is 0 Å². The van der Waals surface area contributed by atoms with Gasteiger partial charge in [-0.2, -0.15) is 0 Å². The Morgan fingerprint density at radius 1 is 1.03 bits per heavy atom. The molecule has 2 aromatic carbocycles. The van der Waals surface area contributed by atoms with Crippen molar-refractivity contribution >= 4 is 23.2 Å². The summed E-state index contributed by atoms with van der Waals surface area (Å²) in [4.78, 5) is 17.2. The first-order chi connectivity index (χ1) is 15.3. The summed E-state index contributed by atoms with van der Waals surface area (Å²) in [6.45, 7) is 0. The summed E-state index contributed by atoms with van der Waals surface area (Å²) in [6.07, 6.45) is -1.87. The maximum Gasteiger partial charge on any atom is 0.573 e. The number of nitrogens with one attached hydrogen (secondary N) is 1. The molecule has 2 heterocycles. The fourth-order valence-corrected chi connectivity index (χ4v) is 3.12. The second-order valence-electron chi connectivity index (χ2n) is 6.63. The van der Waals surface area contributed by atoms with Gasteiger partial charge in [0.15, 0.2) is 0 Å². The van der Waals surface area contributed by atoms with E-state index in [1.807, 2.05) is 0 Å². The topological polar surface area (TPSA) is 64.4 Å². The molecule has 0 fully saturated rings. The van der Waals surface area contributed by atoms with Crippen LogP contribution in [-0.2, 0) is 0 Å². The number of alkyl halides is 3. The molecule has 0 aliphatic rings. The summed E-state index contributed by atoms with van der Waals surface area (Å²) in [5, 5.41) is 3.20. The minimum atomic E-state index is -4.79. The maximum absolute atomic E-state index is 12.7. The Morgan fingerprint density at radius 2 is 1.75 bits per heavy atom. The van der Waals surface area contributed by atoms with E-state index in [9.17, 15) is 18.0 Å². The van der Waals surface area contributed by atoms with Crippen LogP contribution in [-0.4, -0.2) is 17.3 Å². The van der Waals surface area contributed by atoms with Crippen molar-refractivity contribution < 1.29 is 27.1 Å². The third-order valence-corrected chi connectivity index (χ3v) is 4.65. The third-order valence-electron chi connectivity index (χ3n) is 4.40. The van der Waals surface area contributed by atoms with Gasteiger partial charge >= 0.3 is 6.36 Å². The number of furan rings is 1. The summed E-state index contributed by atoms with van der Waals surface area (Å²) < 4.78 is 46.2. The van der Waals surface area contributed by atoms with Gasteiger partial charge in [0.1, 0.15) is 11.5 Å². The Labute approximate surface area is 185 Å². The largest absolute Gasteiger partial charge is 0.573 e. The number of pyridine rings is 1. The lowest BCUT2D eigenvalue weighted by Crippen LogP contribution is -2.17. The third kappa shape index (κ3) is 5.09. The Kier molecular flexibility index (Phi) is 5.87. The van der Waals surface area contributed by atoms with Gasteiger partial charge in [-0.1, -0.05) is 23.7 Å². The number of aromatic nitrogens is 1. The number of hydrogen-bond acceptors (Lipinski definition) is 4. The number of carbonyl (C=O) groups is 1. The number of rotatable bonds is 5. The Bertz CT molecular complexity index is 1220. The lowest BCUT2D eigenvalue weighted by atomic mass is 10.0. The van der Waals surface area contributed by atoms with Gasteiger partial charge in [0.05, 0.1) is 17.5 Å².